The highest BCUT2D eigenvalue weighted by molar-refractivity contribution is 5.84. The number of hydrogen-bond donors (Lipinski definition) is 0. The zero-order valence-corrected chi connectivity index (χ0v) is 20.4. The monoisotopic (exact) mass is 647 g/mol. The quantitative estimate of drug-likeness (QED) is 0.158. The molecule has 0 spiro atoms. The normalized spacial score (nSPS) is 14.3. The summed E-state index contributed by atoms with van der Waals surface area (Å²) >= 11 is 0. The van der Waals surface area contributed by atoms with Gasteiger partial charge >= 0.3 is 54.1 Å². The van der Waals surface area contributed by atoms with E-state index in [0.717, 1.165) is 0 Å². The number of esters is 2. The summed E-state index contributed by atoms with van der Waals surface area (Å²) in [7, 11) is 0. The van der Waals surface area contributed by atoms with Crippen molar-refractivity contribution >= 4 is 17.8 Å². The molecule has 42 heavy (non-hydrogen) atoms. The van der Waals surface area contributed by atoms with Crippen molar-refractivity contribution < 1.29 is 89.7 Å². The maximum Gasteiger partial charge on any atom is 0.465 e. The molecule has 1 atom stereocenters. The molecule has 0 heterocycles. The number of alkyl halides is 15. The minimum absolute atomic E-state index is 0.000588. The Morgan fingerprint density at radius 1 is 0.690 bits per heavy atom. The molecule has 0 aromatic heterocycles. The summed E-state index contributed by atoms with van der Waals surface area (Å²) in [6.45, 7) is -1.38. The molecule has 0 saturated carbocycles. The van der Waals surface area contributed by atoms with E-state index in [1.165, 1.54) is 6.92 Å². The van der Waals surface area contributed by atoms with Crippen LogP contribution in [0.3, 0.4) is 0 Å². The second-order valence-electron chi connectivity index (χ2n) is 8.17. The smallest absolute Gasteiger partial charge is 0.451 e. The highest BCUT2D eigenvalue weighted by Crippen LogP contribution is 2.40. The second kappa shape index (κ2) is 12.4. The lowest BCUT2D eigenvalue weighted by Gasteiger charge is -2.31. The fourth-order valence-electron chi connectivity index (χ4n) is 2.71. The van der Waals surface area contributed by atoms with E-state index in [2.05, 4.69) is 9.47 Å². The van der Waals surface area contributed by atoms with Gasteiger partial charge in [-0.15, -0.1) is 0 Å². The van der Waals surface area contributed by atoms with Crippen molar-refractivity contribution in [2.24, 2.45) is 0 Å². The Morgan fingerprint density at radius 2 is 1.12 bits per heavy atom. The molecular weight excluding hydrogens is 631 g/mol. The van der Waals surface area contributed by atoms with Crippen LogP contribution in [0.4, 0.5) is 65.9 Å². The number of rotatable bonds is 11. The minimum Gasteiger partial charge on any atom is -0.451 e. The van der Waals surface area contributed by atoms with Gasteiger partial charge in [0.05, 0.1) is 6.54 Å². The number of benzene rings is 1. The van der Waals surface area contributed by atoms with Crippen LogP contribution in [0.2, 0.25) is 0 Å². The molecule has 1 aromatic carbocycles. The Hall–Kier alpha value is -3.42. The average molecular weight is 647 g/mol. The number of nitrogens with zero attached hydrogens (tertiary/aromatic N) is 1. The maximum absolute atomic E-state index is 13.7. The fourth-order valence-corrected chi connectivity index (χ4v) is 2.71. The molecule has 240 valence electrons. The Balaban J connectivity index is 3.52. The summed E-state index contributed by atoms with van der Waals surface area (Å²) in [5, 5.41) is 0. The first-order valence-electron chi connectivity index (χ1n) is 10.9. The Bertz CT molecular complexity index is 1110. The summed E-state index contributed by atoms with van der Waals surface area (Å²) in [5.74, 6) is -29.2. The predicted molar refractivity (Wildman–Crippen MR) is 105 cm³/mol. The van der Waals surface area contributed by atoms with Gasteiger partial charge in [0.15, 0.2) is 0 Å². The summed E-state index contributed by atoms with van der Waals surface area (Å²) < 4.78 is 201. The molecule has 0 saturated heterocycles. The number of carbonyl (C=O) groups excluding carboxylic acids is 3. The molecule has 0 aliphatic heterocycles. The molecule has 6 nitrogen and oxygen atoms in total. The van der Waals surface area contributed by atoms with Crippen LogP contribution in [0, 0.1) is 0 Å². The molecule has 1 unspecified atom stereocenters. The zero-order chi connectivity index (χ0) is 33.1. The third-order valence-corrected chi connectivity index (χ3v) is 5.02. The van der Waals surface area contributed by atoms with Crippen molar-refractivity contribution in [3.05, 3.63) is 29.8 Å². The van der Waals surface area contributed by atoms with E-state index in [1.54, 1.807) is 0 Å². The third-order valence-electron chi connectivity index (χ3n) is 5.02. The lowest BCUT2D eigenvalue weighted by atomic mass is 10.1. The number of carbonyl (C=O) groups is 3. The number of halogens is 15. The van der Waals surface area contributed by atoms with Crippen LogP contribution in [0.25, 0.3) is 0 Å². The molecule has 21 heteroatoms. The summed E-state index contributed by atoms with van der Waals surface area (Å²) in [6, 6.07) is 1.32. The van der Waals surface area contributed by atoms with Crippen LogP contribution in [0.5, 0.6) is 5.75 Å². The fraction of sp³-hybridized carbons (Fsp3) is 0.571. The van der Waals surface area contributed by atoms with Crippen LogP contribution < -0.4 is 4.74 Å². The topological polar surface area (TPSA) is 72.9 Å². The Kier molecular flexibility index (Phi) is 10.8. The zero-order valence-electron chi connectivity index (χ0n) is 20.4. The summed E-state index contributed by atoms with van der Waals surface area (Å²) in [6.07, 6.45) is -22.6. The van der Waals surface area contributed by atoms with Gasteiger partial charge in [-0.1, -0.05) is 25.5 Å². The summed E-state index contributed by atoms with van der Waals surface area (Å²) in [5.41, 5.74) is -0.895. The number of amides is 1. The first-order valence-corrected chi connectivity index (χ1v) is 10.9. The summed E-state index contributed by atoms with van der Waals surface area (Å²) in [4.78, 5) is 34.5. The molecule has 0 bridgehead atoms. The van der Waals surface area contributed by atoms with Crippen molar-refractivity contribution in [1.82, 2.24) is 4.90 Å². The van der Waals surface area contributed by atoms with Gasteiger partial charge in [-0.05, 0) is 24.1 Å². The van der Waals surface area contributed by atoms with Gasteiger partial charge < -0.3 is 14.4 Å². The van der Waals surface area contributed by atoms with Gasteiger partial charge in [0, 0.05) is 6.54 Å². The van der Waals surface area contributed by atoms with Gasteiger partial charge in [-0.25, -0.2) is 9.59 Å². The predicted octanol–water partition coefficient (Wildman–Crippen LogP) is 6.40. The average Bonchev–Trinajstić information content (AvgIpc) is 2.83. The van der Waals surface area contributed by atoms with Crippen molar-refractivity contribution in [1.29, 1.82) is 0 Å². The van der Waals surface area contributed by atoms with Crippen molar-refractivity contribution in [3.8, 4) is 5.75 Å². The van der Waals surface area contributed by atoms with Gasteiger partial charge in [-0.2, -0.15) is 65.9 Å². The van der Waals surface area contributed by atoms with E-state index in [9.17, 15) is 80.2 Å². The molecule has 1 amide bonds. The standard InChI is InChI=1S/C21H16F15NO5/c1-2-3-8-37(13(38)16(22,23)19(28,29)30)9-12(42-15(40)18(26,27)21(34,35)36)10-4-6-11(7-5-10)41-14(39)17(24,25)20(31,32)33/h4-7,12H,2-3,8-9H2,1H3. The van der Waals surface area contributed by atoms with Crippen LogP contribution in [0.1, 0.15) is 31.4 Å². The largest absolute Gasteiger partial charge is 0.465 e. The Labute approximate surface area is 224 Å². The van der Waals surface area contributed by atoms with E-state index in [0.29, 0.717) is 24.3 Å². The Morgan fingerprint density at radius 3 is 1.52 bits per heavy atom. The highest BCUT2D eigenvalue weighted by Gasteiger charge is 2.67. The lowest BCUT2D eigenvalue weighted by Crippen LogP contribution is -2.53. The molecule has 0 aliphatic rings. The molecule has 0 N–H and O–H groups in total. The maximum atomic E-state index is 13.7. The minimum atomic E-state index is -6.60. The molecule has 1 rings (SSSR count). The number of unbranched alkanes of at least 4 members (excludes halogenated alkanes) is 1. The van der Waals surface area contributed by atoms with Crippen LogP contribution in [0.15, 0.2) is 24.3 Å². The van der Waals surface area contributed by atoms with Gasteiger partial charge in [0.25, 0.3) is 0 Å². The second-order valence-corrected chi connectivity index (χ2v) is 8.17. The first kappa shape index (κ1) is 36.6. The first-order chi connectivity index (χ1) is 18.7. The van der Waals surface area contributed by atoms with E-state index < -0.39 is 84.6 Å². The van der Waals surface area contributed by atoms with E-state index in [1.807, 2.05) is 0 Å². The molecule has 1 aromatic rings. The van der Waals surface area contributed by atoms with E-state index in [4.69, 9.17) is 0 Å². The van der Waals surface area contributed by atoms with Gasteiger partial charge in [0.2, 0.25) is 0 Å². The van der Waals surface area contributed by atoms with E-state index in [-0.39, 0.29) is 17.7 Å². The van der Waals surface area contributed by atoms with Crippen LogP contribution >= 0.6 is 0 Å². The third kappa shape index (κ3) is 8.11. The molecule has 0 aliphatic carbocycles. The van der Waals surface area contributed by atoms with Gasteiger partial charge in [0.1, 0.15) is 11.9 Å². The van der Waals surface area contributed by atoms with Crippen LogP contribution in [-0.2, 0) is 19.1 Å². The van der Waals surface area contributed by atoms with Crippen molar-refractivity contribution in [3.63, 3.8) is 0 Å². The van der Waals surface area contributed by atoms with Gasteiger partial charge in [-0.3, -0.25) is 4.79 Å². The number of ether oxygens (including phenoxy) is 2. The number of hydrogen-bond acceptors (Lipinski definition) is 5. The molecular formula is C21H16F15NO5. The van der Waals surface area contributed by atoms with Crippen LogP contribution in [-0.4, -0.2) is 72.1 Å². The van der Waals surface area contributed by atoms with E-state index >= 15 is 0 Å². The highest BCUT2D eigenvalue weighted by atomic mass is 19.4. The molecule has 0 fully saturated rings. The lowest BCUT2D eigenvalue weighted by molar-refractivity contribution is -0.283. The molecule has 0 radical (unpaired) electrons. The van der Waals surface area contributed by atoms with Crippen molar-refractivity contribution in [2.45, 2.75) is 62.2 Å². The van der Waals surface area contributed by atoms with Crippen molar-refractivity contribution in [2.75, 3.05) is 13.1 Å². The SMILES string of the molecule is CCCCN(CC(OC(=O)C(F)(F)C(F)(F)F)c1ccc(OC(=O)C(F)(F)C(F)(F)F)cc1)C(=O)C(F)(F)C(F)(F)F.